The van der Waals surface area contributed by atoms with Gasteiger partial charge in [-0.1, -0.05) is 13.8 Å². The molecule has 0 radical (unpaired) electrons. The molecule has 2 atom stereocenters. The lowest BCUT2D eigenvalue weighted by molar-refractivity contribution is -0.124. The van der Waals surface area contributed by atoms with Gasteiger partial charge in [0.25, 0.3) is 17.4 Å². The smallest absolute Gasteiger partial charge is 0.261 e. The molecule has 5 N–H and O–H groups in total. The average molecular weight is 455 g/mol. The van der Waals surface area contributed by atoms with Gasteiger partial charge in [0, 0.05) is 11.3 Å². The molecule has 0 spiro atoms. The topological polar surface area (TPSA) is 143 Å². The Kier molecular flexibility index (Phi) is 7.52. The number of amides is 3. The van der Waals surface area contributed by atoms with Crippen molar-refractivity contribution in [1.82, 2.24) is 15.6 Å². The fourth-order valence-electron chi connectivity index (χ4n) is 3.96. The van der Waals surface area contributed by atoms with Gasteiger partial charge in [0.1, 0.15) is 17.4 Å². The summed E-state index contributed by atoms with van der Waals surface area (Å²) in [5.41, 5.74) is 6.42. The van der Waals surface area contributed by atoms with Gasteiger partial charge >= 0.3 is 0 Å². The third-order valence-corrected chi connectivity index (χ3v) is 5.70. The maximum atomic E-state index is 13.1. The van der Waals surface area contributed by atoms with Crippen LogP contribution in [-0.4, -0.2) is 35.4 Å². The zero-order valence-electron chi connectivity index (χ0n) is 19.1. The molecule has 0 saturated heterocycles. The van der Waals surface area contributed by atoms with E-state index in [-0.39, 0.29) is 23.3 Å². The van der Waals surface area contributed by atoms with Crippen LogP contribution < -0.4 is 26.7 Å². The van der Waals surface area contributed by atoms with Crippen LogP contribution >= 0.6 is 0 Å². The van der Waals surface area contributed by atoms with Gasteiger partial charge in [0.05, 0.1) is 12.6 Å². The number of fused-ring (bicyclic) bond motifs is 1. The molecular weight excluding hydrogens is 424 g/mol. The molecule has 3 rings (SSSR count). The van der Waals surface area contributed by atoms with Crippen LogP contribution in [-0.2, 0) is 11.2 Å². The van der Waals surface area contributed by atoms with Crippen molar-refractivity contribution in [2.24, 2.45) is 11.7 Å². The summed E-state index contributed by atoms with van der Waals surface area (Å²) in [4.78, 5) is 52.3. The number of carbonyl (C=O) groups excluding carboxylic acids is 3. The summed E-state index contributed by atoms with van der Waals surface area (Å²) in [5, 5.41) is 5.79. The predicted octanol–water partition coefficient (Wildman–Crippen LogP) is 1.82. The molecule has 1 heterocycles. The molecule has 1 aromatic heterocycles. The van der Waals surface area contributed by atoms with Crippen LogP contribution in [0.5, 0.6) is 5.75 Å². The second-order valence-corrected chi connectivity index (χ2v) is 8.42. The monoisotopic (exact) mass is 454 g/mol. The van der Waals surface area contributed by atoms with E-state index in [1.165, 1.54) is 6.07 Å². The average Bonchev–Trinajstić information content (AvgIpc) is 2.77. The van der Waals surface area contributed by atoms with E-state index in [9.17, 15) is 19.2 Å². The van der Waals surface area contributed by atoms with Crippen LogP contribution in [0.25, 0.3) is 0 Å². The molecule has 1 aliphatic carbocycles. The van der Waals surface area contributed by atoms with Gasteiger partial charge in [-0.2, -0.15) is 0 Å². The highest BCUT2D eigenvalue weighted by Gasteiger charge is 2.30. The number of hydrogen-bond acceptors (Lipinski definition) is 5. The molecule has 0 fully saturated rings. The van der Waals surface area contributed by atoms with E-state index in [1.807, 2.05) is 20.8 Å². The fraction of sp³-hybridized carbons (Fsp3) is 0.417. The maximum absolute atomic E-state index is 13.1. The molecule has 9 nitrogen and oxygen atoms in total. The standard InChI is InChI=1S/C24H30N4O5/c1-4-33-15-10-8-14(9-11-15)22(30)28-20(13(2)3)24(32)27-19-7-5-6-18-16(19)12-17(21(25)29)23(31)26-18/h8-13,19-20H,4-7H2,1-3H3,(H2,25,29)(H,26,31)(H,27,32)(H,28,30)/t19-,20+/m0/s1. The number of nitrogens with two attached hydrogens (primary N) is 1. The van der Waals surface area contributed by atoms with Crippen LogP contribution in [0.2, 0.25) is 0 Å². The highest BCUT2D eigenvalue weighted by molar-refractivity contribution is 5.97. The van der Waals surface area contributed by atoms with Crippen LogP contribution in [0.15, 0.2) is 35.1 Å². The first kappa shape index (κ1) is 24.0. The summed E-state index contributed by atoms with van der Waals surface area (Å²) in [5.74, 6) is -1.03. The Bertz CT molecular complexity index is 1090. The lowest BCUT2D eigenvalue weighted by atomic mass is 9.89. The molecule has 0 saturated carbocycles. The van der Waals surface area contributed by atoms with Gasteiger partial charge in [-0.15, -0.1) is 0 Å². The number of aromatic nitrogens is 1. The lowest BCUT2D eigenvalue weighted by Gasteiger charge is -2.29. The zero-order valence-corrected chi connectivity index (χ0v) is 19.1. The Hall–Kier alpha value is -3.62. The molecule has 0 aliphatic heterocycles. The quantitative estimate of drug-likeness (QED) is 0.481. The van der Waals surface area contributed by atoms with Crippen molar-refractivity contribution < 1.29 is 19.1 Å². The number of H-pyrrole nitrogens is 1. The van der Waals surface area contributed by atoms with E-state index in [4.69, 9.17) is 10.5 Å². The van der Waals surface area contributed by atoms with Crippen molar-refractivity contribution in [3.63, 3.8) is 0 Å². The van der Waals surface area contributed by atoms with Crippen molar-refractivity contribution >= 4 is 17.7 Å². The van der Waals surface area contributed by atoms with Crippen molar-refractivity contribution in [1.29, 1.82) is 0 Å². The summed E-state index contributed by atoms with van der Waals surface area (Å²) in [6.07, 6.45) is 2.04. The first-order chi connectivity index (χ1) is 15.7. The van der Waals surface area contributed by atoms with E-state index in [0.29, 0.717) is 42.0 Å². The minimum Gasteiger partial charge on any atom is -0.494 e. The van der Waals surface area contributed by atoms with Crippen LogP contribution in [0.4, 0.5) is 0 Å². The van der Waals surface area contributed by atoms with Gasteiger partial charge in [-0.25, -0.2) is 0 Å². The van der Waals surface area contributed by atoms with E-state index < -0.39 is 23.6 Å². The number of benzene rings is 1. The second-order valence-electron chi connectivity index (χ2n) is 8.42. The summed E-state index contributed by atoms with van der Waals surface area (Å²) in [6.45, 7) is 6.10. The molecule has 33 heavy (non-hydrogen) atoms. The van der Waals surface area contributed by atoms with Crippen molar-refractivity contribution in [3.05, 3.63) is 63.1 Å². The van der Waals surface area contributed by atoms with Crippen LogP contribution in [0.3, 0.4) is 0 Å². The molecule has 0 unspecified atom stereocenters. The van der Waals surface area contributed by atoms with Crippen molar-refractivity contribution in [2.45, 2.75) is 52.1 Å². The zero-order chi connectivity index (χ0) is 24.1. The number of aromatic amines is 1. The Balaban J connectivity index is 1.76. The Morgan fingerprint density at radius 1 is 1.21 bits per heavy atom. The first-order valence-corrected chi connectivity index (χ1v) is 11.1. The van der Waals surface area contributed by atoms with Gasteiger partial charge in [0.2, 0.25) is 5.91 Å². The van der Waals surface area contributed by atoms with Crippen LogP contribution in [0, 0.1) is 5.92 Å². The van der Waals surface area contributed by atoms with E-state index >= 15 is 0 Å². The maximum Gasteiger partial charge on any atom is 0.261 e. The van der Waals surface area contributed by atoms with E-state index in [2.05, 4.69) is 15.6 Å². The first-order valence-electron chi connectivity index (χ1n) is 11.1. The van der Waals surface area contributed by atoms with E-state index in [0.717, 1.165) is 6.42 Å². The van der Waals surface area contributed by atoms with Gasteiger partial charge in [0.15, 0.2) is 0 Å². The number of nitrogens with one attached hydrogen (secondary N) is 3. The summed E-state index contributed by atoms with van der Waals surface area (Å²) in [6, 6.07) is 7.00. The second kappa shape index (κ2) is 10.3. The Morgan fingerprint density at radius 2 is 1.91 bits per heavy atom. The lowest BCUT2D eigenvalue weighted by Crippen LogP contribution is -2.50. The fourth-order valence-corrected chi connectivity index (χ4v) is 3.96. The van der Waals surface area contributed by atoms with Gasteiger partial charge < -0.3 is 26.1 Å². The largest absolute Gasteiger partial charge is 0.494 e. The molecule has 1 aromatic carbocycles. The third-order valence-electron chi connectivity index (χ3n) is 5.70. The van der Waals surface area contributed by atoms with E-state index in [1.54, 1.807) is 24.3 Å². The van der Waals surface area contributed by atoms with Crippen LogP contribution in [0.1, 0.15) is 71.6 Å². The van der Waals surface area contributed by atoms with Crippen molar-refractivity contribution in [3.8, 4) is 5.75 Å². The minimum atomic E-state index is -0.822. The molecule has 3 amide bonds. The highest BCUT2D eigenvalue weighted by atomic mass is 16.5. The van der Waals surface area contributed by atoms with Crippen molar-refractivity contribution in [2.75, 3.05) is 6.61 Å². The predicted molar refractivity (Wildman–Crippen MR) is 123 cm³/mol. The number of rotatable bonds is 8. The third kappa shape index (κ3) is 5.60. The molecular formula is C24H30N4O5. The molecule has 1 aliphatic rings. The number of primary amides is 1. The number of aryl methyl sites for hydroxylation is 1. The Morgan fingerprint density at radius 3 is 2.52 bits per heavy atom. The van der Waals surface area contributed by atoms with Gasteiger partial charge in [-0.3, -0.25) is 19.2 Å². The number of ether oxygens (including phenoxy) is 1. The summed E-state index contributed by atoms with van der Waals surface area (Å²) < 4.78 is 5.40. The highest BCUT2D eigenvalue weighted by Crippen LogP contribution is 2.28. The molecule has 0 bridgehead atoms. The number of pyridine rings is 1. The van der Waals surface area contributed by atoms with Gasteiger partial charge in [-0.05, 0) is 68.0 Å². The molecule has 2 aromatic rings. The number of carbonyl (C=O) groups is 3. The summed E-state index contributed by atoms with van der Waals surface area (Å²) in [7, 11) is 0. The minimum absolute atomic E-state index is 0.140. The number of hydrogen-bond donors (Lipinski definition) is 4. The normalized spacial score (nSPS) is 15.9. The SMILES string of the molecule is CCOc1ccc(C(=O)N[C@@H](C(=O)N[C@H]2CCCc3[nH]c(=O)c(C(N)=O)cc32)C(C)C)cc1. The Labute approximate surface area is 192 Å². The molecule has 9 heteroatoms. The molecule has 176 valence electrons. The summed E-state index contributed by atoms with van der Waals surface area (Å²) >= 11 is 0.